The second-order valence-electron chi connectivity index (χ2n) is 4.33. The van der Waals surface area contributed by atoms with Gasteiger partial charge in [0.2, 0.25) is 5.91 Å². The van der Waals surface area contributed by atoms with E-state index >= 15 is 0 Å². The monoisotopic (exact) mass is 393 g/mol. The number of carbonyl (C=O) groups is 2. The topological polar surface area (TPSA) is 159 Å². The molecule has 0 unspecified atom stereocenters. The van der Waals surface area contributed by atoms with Crippen LogP contribution in [-0.4, -0.2) is 56.9 Å². The van der Waals surface area contributed by atoms with Crippen molar-refractivity contribution in [2.45, 2.75) is 36.6 Å². The van der Waals surface area contributed by atoms with Gasteiger partial charge in [-0.3, -0.25) is 10.1 Å². The molecule has 0 rings (SSSR count). The highest BCUT2D eigenvalue weighted by atomic mass is 79.9. The number of hydrogen-bond donors (Lipinski definition) is 6. The summed E-state index contributed by atoms with van der Waals surface area (Å²) in [7, 11) is 0. The molecule has 0 aromatic heterocycles. The average Bonchev–Trinajstić information content (AvgIpc) is 2.45. The number of nitrogens with one attached hydrogen (secondary N) is 1. The number of urea groups is 1. The van der Waals surface area contributed by atoms with E-state index in [1.807, 2.05) is 19.2 Å². The minimum atomic E-state index is -1.21. The Hall–Kier alpha value is -0.450. The van der Waals surface area contributed by atoms with E-state index in [2.05, 4.69) is 15.9 Å². The SMILES string of the molecule is CCC(Br)(CC)C(=O)NC(N)=O.Cl.NC(CO)(CO)CO. The van der Waals surface area contributed by atoms with Gasteiger partial charge in [-0.1, -0.05) is 29.8 Å². The third-order valence-corrected chi connectivity index (χ3v) is 4.19. The highest BCUT2D eigenvalue weighted by molar-refractivity contribution is 9.10. The van der Waals surface area contributed by atoms with Crippen LogP contribution in [0, 0.1) is 0 Å². The first-order valence-electron chi connectivity index (χ1n) is 6.06. The highest BCUT2D eigenvalue weighted by Gasteiger charge is 2.32. The molecule has 0 fully saturated rings. The lowest BCUT2D eigenvalue weighted by Crippen LogP contribution is -2.50. The van der Waals surface area contributed by atoms with Gasteiger partial charge in [0.15, 0.2) is 0 Å². The number of rotatable bonds is 6. The second-order valence-corrected chi connectivity index (χ2v) is 5.85. The van der Waals surface area contributed by atoms with Gasteiger partial charge in [-0.05, 0) is 12.8 Å². The van der Waals surface area contributed by atoms with Crippen molar-refractivity contribution in [2.75, 3.05) is 19.8 Å². The van der Waals surface area contributed by atoms with Gasteiger partial charge in [0.25, 0.3) is 0 Å². The largest absolute Gasteiger partial charge is 0.394 e. The van der Waals surface area contributed by atoms with Crippen LogP contribution in [0.3, 0.4) is 0 Å². The zero-order chi connectivity index (χ0) is 16.4. The van der Waals surface area contributed by atoms with E-state index in [9.17, 15) is 9.59 Å². The average molecular weight is 395 g/mol. The van der Waals surface area contributed by atoms with E-state index in [4.69, 9.17) is 26.8 Å². The molecule has 0 saturated carbocycles. The number of imide groups is 1. The molecule has 0 bridgehead atoms. The van der Waals surface area contributed by atoms with Crippen LogP contribution in [0.15, 0.2) is 0 Å². The molecule has 3 amide bonds. The van der Waals surface area contributed by atoms with E-state index in [0.717, 1.165) is 0 Å². The molecule has 0 aromatic rings. The maximum Gasteiger partial charge on any atom is 0.318 e. The normalized spacial score (nSPS) is 10.8. The third-order valence-electron chi connectivity index (χ3n) is 2.71. The zero-order valence-electron chi connectivity index (χ0n) is 12.1. The van der Waals surface area contributed by atoms with Gasteiger partial charge in [-0.2, -0.15) is 0 Å². The lowest BCUT2D eigenvalue weighted by atomic mass is 10.0. The summed E-state index contributed by atoms with van der Waals surface area (Å²) >= 11 is 3.26. The molecule has 10 heteroatoms. The van der Waals surface area contributed by atoms with E-state index in [1.165, 1.54) is 0 Å². The number of carbonyl (C=O) groups excluding carboxylic acids is 2. The summed E-state index contributed by atoms with van der Waals surface area (Å²) in [5, 5.41) is 27.1. The van der Waals surface area contributed by atoms with Crippen molar-refractivity contribution in [1.29, 1.82) is 0 Å². The van der Waals surface area contributed by atoms with Crippen molar-refractivity contribution < 1.29 is 24.9 Å². The van der Waals surface area contributed by atoms with Crippen molar-refractivity contribution in [3.05, 3.63) is 0 Å². The van der Waals surface area contributed by atoms with Crippen molar-refractivity contribution in [3.8, 4) is 0 Å². The Bertz CT molecular complexity index is 304. The van der Waals surface area contributed by atoms with Crippen molar-refractivity contribution in [2.24, 2.45) is 11.5 Å². The molecule has 0 heterocycles. The minimum absolute atomic E-state index is 0. The van der Waals surface area contributed by atoms with Gasteiger partial charge < -0.3 is 26.8 Å². The summed E-state index contributed by atoms with van der Waals surface area (Å²) in [6, 6.07) is -0.814. The molecule has 0 atom stereocenters. The van der Waals surface area contributed by atoms with Crippen molar-refractivity contribution in [1.82, 2.24) is 5.32 Å². The van der Waals surface area contributed by atoms with Crippen LogP contribution in [0.4, 0.5) is 4.79 Å². The summed E-state index contributed by atoms with van der Waals surface area (Å²) < 4.78 is -0.665. The van der Waals surface area contributed by atoms with E-state index in [0.29, 0.717) is 12.8 Å². The smallest absolute Gasteiger partial charge is 0.318 e. The fourth-order valence-electron chi connectivity index (χ4n) is 0.945. The Morgan fingerprint density at radius 3 is 1.57 bits per heavy atom. The molecular weight excluding hydrogens is 369 g/mol. The Kier molecular flexibility index (Phi) is 14.7. The predicted octanol–water partition coefficient (Wildman–Crippen LogP) is -0.782. The number of hydrogen-bond acceptors (Lipinski definition) is 6. The van der Waals surface area contributed by atoms with Crippen LogP contribution >= 0.6 is 28.3 Å². The predicted molar refractivity (Wildman–Crippen MR) is 85.4 cm³/mol. The Morgan fingerprint density at radius 1 is 1.10 bits per heavy atom. The highest BCUT2D eigenvalue weighted by Crippen LogP contribution is 2.26. The number of alkyl halides is 1. The molecule has 21 heavy (non-hydrogen) atoms. The van der Waals surface area contributed by atoms with E-state index < -0.39 is 35.7 Å². The molecule has 0 aliphatic heterocycles. The standard InChI is InChI=1S/C7H13BrN2O2.C4H11NO3.ClH/c1-3-7(8,4-2)5(11)10-6(9)12;5-4(1-6,2-7)3-8;/h3-4H2,1-2H3,(H3,9,10,11,12);6-8H,1-3,5H2;1H. The molecule has 0 aliphatic rings. The van der Waals surface area contributed by atoms with E-state index in [1.54, 1.807) is 0 Å². The molecule has 0 radical (unpaired) electrons. The summed E-state index contributed by atoms with van der Waals surface area (Å²) in [6.45, 7) is 2.51. The van der Waals surface area contributed by atoms with Gasteiger partial charge in [0.1, 0.15) is 4.32 Å². The first-order valence-corrected chi connectivity index (χ1v) is 6.85. The summed E-state index contributed by atoms with van der Waals surface area (Å²) in [5.41, 5.74) is 8.75. The third kappa shape index (κ3) is 9.99. The quantitative estimate of drug-likeness (QED) is 0.324. The number of nitrogens with two attached hydrogens (primary N) is 2. The van der Waals surface area contributed by atoms with Gasteiger partial charge in [-0.25, -0.2) is 4.79 Å². The molecule has 0 aromatic carbocycles. The van der Waals surface area contributed by atoms with Crippen LogP contribution in [0.2, 0.25) is 0 Å². The Labute approximate surface area is 138 Å². The van der Waals surface area contributed by atoms with Crippen LogP contribution in [0.25, 0.3) is 0 Å². The molecule has 0 aliphatic carbocycles. The second kappa shape index (κ2) is 12.1. The number of aliphatic hydroxyl groups excluding tert-OH is 3. The lowest BCUT2D eigenvalue weighted by Gasteiger charge is -2.21. The summed E-state index contributed by atoms with van der Waals surface area (Å²) in [4.78, 5) is 21.6. The van der Waals surface area contributed by atoms with Gasteiger partial charge in [0, 0.05) is 0 Å². The molecule has 128 valence electrons. The van der Waals surface area contributed by atoms with Crippen molar-refractivity contribution in [3.63, 3.8) is 0 Å². The number of primary amides is 1. The maximum absolute atomic E-state index is 11.3. The maximum atomic E-state index is 11.3. The van der Waals surface area contributed by atoms with Crippen LogP contribution in [-0.2, 0) is 4.79 Å². The minimum Gasteiger partial charge on any atom is -0.394 e. The lowest BCUT2D eigenvalue weighted by molar-refractivity contribution is -0.122. The number of amides is 3. The molecular formula is C11H25BrClN3O5. The number of halogens is 2. The van der Waals surface area contributed by atoms with Gasteiger partial charge in [-0.15, -0.1) is 12.4 Å². The van der Waals surface area contributed by atoms with Crippen molar-refractivity contribution >= 4 is 40.3 Å². The van der Waals surface area contributed by atoms with Gasteiger partial charge in [0.05, 0.1) is 25.4 Å². The summed E-state index contributed by atoms with van der Waals surface area (Å²) in [5.74, 6) is -0.375. The summed E-state index contributed by atoms with van der Waals surface area (Å²) in [6.07, 6.45) is 1.23. The zero-order valence-corrected chi connectivity index (χ0v) is 14.5. The van der Waals surface area contributed by atoms with Crippen LogP contribution in [0.5, 0.6) is 0 Å². The Balaban J connectivity index is -0.000000317. The van der Waals surface area contributed by atoms with Gasteiger partial charge >= 0.3 is 6.03 Å². The van der Waals surface area contributed by atoms with Crippen LogP contribution in [0.1, 0.15) is 26.7 Å². The first kappa shape index (κ1) is 25.5. The Morgan fingerprint density at radius 2 is 1.43 bits per heavy atom. The fraction of sp³-hybridized carbons (Fsp3) is 0.818. The molecule has 0 spiro atoms. The number of aliphatic hydroxyl groups is 3. The fourth-order valence-corrected chi connectivity index (χ4v) is 1.04. The first-order chi connectivity index (χ1) is 9.14. The van der Waals surface area contributed by atoms with E-state index in [-0.39, 0.29) is 18.3 Å². The molecule has 8 N–H and O–H groups in total. The molecule has 0 saturated heterocycles. The molecule has 8 nitrogen and oxygen atoms in total. The van der Waals surface area contributed by atoms with Crippen LogP contribution < -0.4 is 16.8 Å².